The van der Waals surface area contributed by atoms with Crippen LogP contribution in [0.4, 0.5) is 17.3 Å². The van der Waals surface area contributed by atoms with Crippen LogP contribution in [-0.2, 0) is 4.74 Å². The molecule has 3 aromatic heterocycles. The van der Waals surface area contributed by atoms with Gasteiger partial charge in [0.1, 0.15) is 17.6 Å². The topological polar surface area (TPSA) is 132 Å². The normalized spacial score (nSPS) is 15.8. The molecule has 1 unspecified atom stereocenters. The quantitative estimate of drug-likeness (QED) is 0.582. The van der Waals surface area contributed by atoms with Gasteiger partial charge in [-0.2, -0.15) is 5.26 Å². The van der Waals surface area contributed by atoms with E-state index in [1.807, 2.05) is 29.6 Å². The summed E-state index contributed by atoms with van der Waals surface area (Å²) in [5, 5.41) is 35.1. The molecule has 0 amide bonds. The minimum atomic E-state index is -0.0337. The largest absolute Gasteiger partial charge is 0.381 e. The smallest absolute Gasteiger partial charge is 0.272 e. The fourth-order valence-electron chi connectivity index (χ4n) is 3.13. The predicted octanol–water partition coefficient (Wildman–Crippen LogP) is 2.98. The summed E-state index contributed by atoms with van der Waals surface area (Å²) in [6, 6.07) is 7.74. The van der Waals surface area contributed by atoms with Crippen molar-refractivity contribution in [2.24, 2.45) is 0 Å². The number of hydrogen-bond acceptors (Lipinski definition) is 10. The lowest BCUT2D eigenvalue weighted by Crippen LogP contribution is -2.34. The lowest BCUT2D eigenvalue weighted by Gasteiger charge is -2.25. The van der Waals surface area contributed by atoms with Crippen LogP contribution in [0.15, 0.2) is 36.0 Å². The van der Waals surface area contributed by atoms with Crippen LogP contribution in [-0.4, -0.2) is 46.1 Å². The van der Waals surface area contributed by atoms with E-state index in [4.69, 9.17) is 10.00 Å². The number of nitrogens with zero attached hydrogens (tertiary/aromatic N) is 6. The molecule has 1 saturated heterocycles. The molecule has 0 aliphatic carbocycles. The minimum absolute atomic E-state index is 0.0325. The zero-order valence-electron chi connectivity index (χ0n) is 15.9. The van der Waals surface area contributed by atoms with Crippen molar-refractivity contribution in [3.05, 3.63) is 41.7 Å². The number of nitriles is 2. The average molecular weight is 416 g/mol. The molecule has 148 valence electrons. The van der Waals surface area contributed by atoms with Crippen LogP contribution >= 0.6 is 11.3 Å². The van der Waals surface area contributed by atoms with Gasteiger partial charge in [-0.25, -0.2) is 15.2 Å². The van der Waals surface area contributed by atoms with Gasteiger partial charge in [-0.1, -0.05) is 6.07 Å². The first-order valence-corrected chi connectivity index (χ1v) is 10.3. The molecule has 0 spiro atoms. The lowest BCUT2D eigenvalue weighted by molar-refractivity contribution is 0.0757. The third kappa shape index (κ3) is 4.71. The first-order chi connectivity index (χ1) is 14.7. The molecule has 11 heteroatoms. The number of nitrogens with one attached hydrogen (secondary N) is 2. The van der Waals surface area contributed by atoms with Gasteiger partial charge in [0.2, 0.25) is 0 Å². The highest BCUT2D eigenvalue weighted by atomic mass is 32.1. The SMILES string of the molecule is N#CB1CCOC(CNc2cc(Nc3cnc(C#N)cn3)nnc2-c2cccs2)C1. The van der Waals surface area contributed by atoms with Crippen molar-refractivity contribution >= 4 is 35.4 Å². The summed E-state index contributed by atoms with van der Waals surface area (Å²) < 4.78 is 5.80. The third-order valence-electron chi connectivity index (χ3n) is 4.64. The maximum Gasteiger partial charge on any atom is 0.272 e. The van der Waals surface area contributed by atoms with Gasteiger partial charge in [-0.05, 0) is 24.1 Å². The lowest BCUT2D eigenvalue weighted by atomic mass is 9.45. The second-order valence-electron chi connectivity index (χ2n) is 6.72. The molecular formula is C19H17BN8OS. The Bertz CT molecular complexity index is 1080. The van der Waals surface area contributed by atoms with E-state index in [2.05, 4.69) is 36.8 Å². The standard InChI is InChI=1S/C19H17BN8OS/c21-8-13-9-25-18(11-23-13)26-17-6-15(19(28-27-17)16-2-1-5-30-16)24-10-14-7-20(12-22)3-4-29-14/h1-2,5-6,9,11,14H,3-4,7,10H2,(H2,24,25,26,27). The highest BCUT2D eigenvalue weighted by Gasteiger charge is 2.26. The van der Waals surface area contributed by atoms with Crippen molar-refractivity contribution in [1.29, 1.82) is 10.5 Å². The van der Waals surface area contributed by atoms with Crippen molar-refractivity contribution in [2.75, 3.05) is 23.8 Å². The molecule has 1 aliphatic rings. The predicted molar refractivity (Wildman–Crippen MR) is 115 cm³/mol. The van der Waals surface area contributed by atoms with Gasteiger partial charge in [0, 0.05) is 25.2 Å². The number of ether oxygens (including phenoxy) is 1. The Morgan fingerprint density at radius 1 is 1.23 bits per heavy atom. The van der Waals surface area contributed by atoms with Gasteiger partial charge in [-0.15, -0.1) is 21.5 Å². The summed E-state index contributed by atoms with van der Waals surface area (Å²) in [4.78, 5) is 9.14. The molecule has 0 aromatic carbocycles. The summed E-state index contributed by atoms with van der Waals surface area (Å²) in [7, 11) is 0. The highest BCUT2D eigenvalue weighted by molar-refractivity contribution is 7.13. The number of anilines is 3. The number of rotatable bonds is 6. The molecular weight excluding hydrogens is 399 g/mol. The molecule has 4 heterocycles. The molecule has 30 heavy (non-hydrogen) atoms. The van der Waals surface area contributed by atoms with E-state index in [1.54, 1.807) is 11.3 Å². The van der Waals surface area contributed by atoms with E-state index in [-0.39, 0.29) is 18.5 Å². The van der Waals surface area contributed by atoms with E-state index in [0.29, 0.717) is 31.1 Å². The summed E-state index contributed by atoms with van der Waals surface area (Å²) in [5.41, 5.74) is 1.79. The van der Waals surface area contributed by atoms with Crippen molar-refractivity contribution in [3.63, 3.8) is 0 Å². The fourth-order valence-corrected chi connectivity index (χ4v) is 3.85. The third-order valence-corrected chi connectivity index (χ3v) is 5.52. The molecule has 0 bridgehead atoms. The molecule has 1 atom stereocenters. The van der Waals surface area contributed by atoms with Gasteiger partial charge in [0.25, 0.3) is 6.71 Å². The van der Waals surface area contributed by atoms with Crippen molar-refractivity contribution in [1.82, 2.24) is 20.2 Å². The zero-order chi connectivity index (χ0) is 20.8. The van der Waals surface area contributed by atoms with E-state index < -0.39 is 0 Å². The van der Waals surface area contributed by atoms with E-state index in [0.717, 1.165) is 22.6 Å². The van der Waals surface area contributed by atoms with Crippen LogP contribution in [0.25, 0.3) is 10.6 Å². The first-order valence-electron chi connectivity index (χ1n) is 9.41. The molecule has 2 N–H and O–H groups in total. The second-order valence-corrected chi connectivity index (χ2v) is 7.66. The summed E-state index contributed by atoms with van der Waals surface area (Å²) >= 11 is 1.58. The van der Waals surface area contributed by atoms with Crippen LogP contribution < -0.4 is 10.6 Å². The van der Waals surface area contributed by atoms with Gasteiger partial charge >= 0.3 is 0 Å². The molecule has 1 aliphatic heterocycles. The van der Waals surface area contributed by atoms with Gasteiger partial charge in [0.05, 0.1) is 29.1 Å². The van der Waals surface area contributed by atoms with E-state index in [9.17, 15) is 5.26 Å². The Balaban J connectivity index is 1.53. The Morgan fingerprint density at radius 2 is 2.17 bits per heavy atom. The van der Waals surface area contributed by atoms with Crippen molar-refractivity contribution in [2.45, 2.75) is 18.7 Å². The van der Waals surface area contributed by atoms with Crippen LogP contribution in [0.3, 0.4) is 0 Å². The fraction of sp³-hybridized carbons (Fsp3) is 0.263. The second kappa shape index (κ2) is 9.31. The van der Waals surface area contributed by atoms with Gasteiger partial charge < -0.3 is 15.4 Å². The van der Waals surface area contributed by atoms with Crippen molar-refractivity contribution < 1.29 is 4.74 Å². The number of hydrogen-bond donors (Lipinski definition) is 2. The molecule has 3 aromatic rings. The van der Waals surface area contributed by atoms with Crippen LogP contribution in [0, 0.1) is 22.6 Å². The molecule has 1 fully saturated rings. The van der Waals surface area contributed by atoms with Crippen LogP contribution in [0.2, 0.25) is 12.6 Å². The monoisotopic (exact) mass is 416 g/mol. The summed E-state index contributed by atoms with van der Waals surface area (Å²) in [6.45, 7) is 1.20. The average Bonchev–Trinajstić information content (AvgIpc) is 3.33. The first kappa shape index (κ1) is 19.8. The molecule has 4 rings (SSSR count). The summed E-state index contributed by atoms with van der Waals surface area (Å²) in [5.74, 6) is 3.30. The number of aromatic nitrogens is 4. The Labute approximate surface area is 177 Å². The van der Waals surface area contributed by atoms with Crippen LogP contribution in [0.5, 0.6) is 0 Å². The summed E-state index contributed by atoms with van der Waals surface area (Å²) in [6.07, 6.45) is 4.32. The van der Waals surface area contributed by atoms with Crippen LogP contribution in [0.1, 0.15) is 5.69 Å². The van der Waals surface area contributed by atoms with E-state index in [1.165, 1.54) is 12.4 Å². The maximum atomic E-state index is 9.19. The van der Waals surface area contributed by atoms with Crippen molar-refractivity contribution in [3.8, 4) is 22.6 Å². The molecule has 9 nitrogen and oxygen atoms in total. The maximum absolute atomic E-state index is 9.19. The Morgan fingerprint density at radius 3 is 2.90 bits per heavy atom. The Hall–Kier alpha value is -3.54. The van der Waals surface area contributed by atoms with Gasteiger partial charge in [-0.3, -0.25) is 0 Å². The zero-order valence-corrected chi connectivity index (χ0v) is 16.8. The Kier molecular flexibility index (Phi) is 6.13. The molecule has 0 saturated carbocycles. The van der Waals surface area contributed by atoms with E-state index >= 15 is 0 Å². The molecule has 0 radical (unpaired) electrons. The van der Waals surface area contributed by atoms with Gasteiger partial charge in [0.15, 0.2) is 11.5 Å². The number of thiophene rings is 1. The minimum Gasteiger partial charge on any atom is -0.381 e. The highest BCUT2D eigenvalue weighted by Crippen LogP contribution is 2.31.